The second-order valence-electron chi connectivity index (χ2n) is 5.03. The summed E-state index contributed by atoms with van der Waals surface area (Å²) < 4.78 is 6.07. The van der Waals surface area contributed by atoms with Gasteiger partial charge in [0, 0.05) is 17.2 Å². The Morgan fingerprint density at radius 2 is 2.09 bits per heavy atom. The molecule has 1 saturated heterocycles. The lowest BCUT2D eigenvalue weighted by Crippen LogP contribution is -2.33. The van der Waals surface area contributed by atoms with Gasteiger partial charge in [-0.15, -0.1) is 0 Å². The van der Waals surface area contributed by atoms with E-state index < -0.39 is 0 Å². The zero-order valence-electron chi connectivity index (χ0n) is 12.4. The van der Waals surface area contributed by atoms with Crippen LogP contribution in [0.4, 0.5) is 10.5 Å². The maximum Gasteiger partial charge on any atom is 0.332 e. The number of amides is 3. The lowest BCUT2D eigenvalue weighted by Gasteiger charge is -2.18. The van der Waals surface area contributed by atoms with Gasteiger partial charge in [0.25, 0.3) is 5.91 Å². The molecule has 118 valence electrons. The summed E-state index contributed by atoms with van der Waals surface area (Å²) in [4.78, 5) is 31.6. The van der Waals surface area contributed by atoms with Crippen molar-refractivity contribution < 1.29 is 14.3 Å². The number of hydrogen-bond acceptors (Lipinski definition) is 4. The van der Waals surface area contributed by atoms with Gasteiger partial charge in [0.15, 0.2) is 0 Å². The molecule has 0 atom stereocenters. The molecule has 2 heterocycles. The number of carbonyl (C=O) groups excluding carboxylic acids is 2. The molecule has 7 heteroatoms. The highest BCUT2D eigenvalue weighted by atomic mass is 79.9. The maximum atomic E-state index is 12.6. The second-order valence-corrected chi connectivity index (χ2v) is 5.95. The lowest BCUT2D eigenvalue weighted by molar-refractivity contribution is -0.116. The van der Waals surface area contributed by atoms with Crippen molar-refractivity contribution in [1.29, 1.82) is 0 Å². The first-order chi connectivity index (χ1) is 11.1. The topological polar surface area (TPSA) is 62.7 Å². The molecule has 0 unspecified atom stereocenters. The van der Waals surface area contributed by atoms with E-state index in [-0.39, 0.29) is 24.4 Å². The summed E-state index contributed by atoms with van der Waals surface area (Å²) in [5, 5.41) is 0. The normalized spacial score (nSPS) is 14.5. The molecule has 6 nitrogen and oxygen atoms in total. The zero-order chi connectivity index (χ0) is 16.4. The Bertz CT molecular complexity index is 766. The fraction of sp³-hybridized carbons (Fsp3) is 0.188. The highest BCUT2D eigenvalue weighted by Gasteiger charge is 2.38. The van der Waals surface area contributed by atoms with Gasteiger partial charge < -0.3 is 9.64 Å². The molecule has 1 aromatic heterocycles. The number of methoxy groups -OCH3 is 1. The Kier molecular flexibility index (Phi) is 4.29. The fourth-order valence-electron chi connectivity index (χ4n) is 2.48. The SMILES string of the molecule is COc1ncccc1N1C(=O)CN(Cc2cccc(Br)c2)C1=O. The average molecular weight is 376 g/mol. The van der Waals surface area contributed by atoms with Crippen LogP contribution in [0.3, 0.4) is 0 Å². The zero-order valence-corrected chi connectivity index (χ0v) is 14.0. The predicted octanol–water partition coefficient (Wildman–Crippen LogP) is 2.82. The van der Waals surface area contributed by atoms with Crippen molar-refractivity contribution in [3.05, 3.63) is 52.6 Å². The molecule has 3 rings (SSSR count). The molecule has 1 aliphatic heterocycles. The Morgan fingerprint density at radius 1 is 1.26 bits per heavy atom. The quantitative estimate of drug-likeness (QED) is 0.770. The molecule has 0 N–H and O–H groups in total. The Morgan fingerprint density at radius 3 is 2.83 bits per heavy atom. The Hall–Kier alpha value is -2.41. The van der Waals surface area contributed by atoms with E-state index in [4.69, 9.17) is 4.74 Å². The second kappa shape index (κ2) is 6.37. The van der Waals surface area contributed by atoms with E-state index in [9.17, 15) is 9.59 Å². The number of imide groups is 1. The molecular formula is C16H14BrN3O3. The van der Waals surface area contributed by atoms with Gasteiger partial charge in [0.05, 0.1) is 7.11 Å². The monoisotopic (exact) mass is 375 g/mol. The summed E-state index contributed by atoms with van der Waals surface area (Å²) in [6.45, 7) is 0.395. The standard InChI is InChI=1S/C16H14BrN3O3/c1-23-15-13(6-3-7-18-15)20-14(21)10-19(16(20)22)9-11-4-2-5-12(17)8-11/h2-8H,9-10H2,1H3. The first kappa shape index (κ1) is 15.5. The number of anilines is 1. The number of rotatable bonds is 4. The van der Waals surface area contributed by atoms with Gasteiger partial charge >= 0.3 is 6.03 Å². The molecule has 23 heavy (non-hydrogen) atoms. The summed E-state index contributed by atoms with van der Waals surface area (Å²) in [5.41, 5.74) is 1.31. The summed E-state index contributed by atoms with van der Waals surface area (Å²) in [5.74, 6) is -0.0465. The van der Waals surface area contributed by atoms with Crippen LogP contribution in [-0.2, 0) is 11.3 Å². The summed E-state index contributed by atoms with van der Waals surface area (Å²) in [6.07, 6.45) is 1.55. The first-order valence-electron chi connectivity index (χ1n) is 6.95. The van der Waals surface area contributed by atoms with E-state index in [0.29, 0.717) is 12.2 Å². The van der Waals surface area contributed by atoms with Crippen molar-refractivity contribution in [3.63, 3.8) is 0 Å². The summed E-state index contributed by atoms with van der Waals surface area (Å²) in [6, 6.07) is 10.6. The van der Waals surface area contributed by atoms with E-state index in [1.807, 2.05) is 24.3 Å². The molecule has 0 spiro atoms. The molecular weight excluding hydrogens is 362 g/mol. The molecule has 0 aliphatic carbocycles. The number of carbonyl (C=O) groups is 2. The van der Waals surface area contributed by atoms with Crippen LogP contribution in [0.25, 0.3) is 0 Å². The molecule has 1 fully saturated rings. The Balaban J connectivity index is 1.85. The molecule has 1 aliphatic rings. The van der Waals surface area contributed by atoms with Crippen molar-refractivity contribution in [3.8, 4) is 5.88 Å². The first-order valence-corrected chi connectivity index (χ1v) is 7.75. The van der Waals surface area contributed by atoms with Gasteiger partial charge in [0.1, 0.15) is 12.2 Å². The number of nitrogens with zero attached hydrogens (tertiary/aromatic N) is 3. The van der Waals surface area contributed by atoms with Crippen molar-refractivity contribution >= 4 is 33.6 Å². The van der Waals surface area contributed by atoms with E-state index in [2.05, 4.69) is 20.9 Å². The minimum Gasteiger partial charge on any atom is -0.479 e. The molecule has 1 aromatic carbocycles. The lowest BCUT2D eigenvalue weighted by atomic mass is 10.2. The Labute approximate surface area is 141 Å². The third-order valence-electron chi connectivity index (χ3n) is 3.49. The van der Waals surface area contributed by atoms with Crippen molar-refractivity contribution in [2.45, 2.75) is 6.54 Å². The number of halogens is 1. The van der Waals surface area contributed by atoms with E-state index >= 15 is 0 Å². The van der Waals surface area contributed by atoms with Crippen LogP contribution in [-0.4, -0.2) is 35.5 Å². The van der Waals surface area contributed by atoms with E-state index in [1.165, 1.54) is 12.0 Å². The third-order valence-corrected chi connectivity index (χ3v) is 3.98. The number of benzene rings is 1. The summed E-state index contributed by atoms with van der Waals surface area (Å²) >= 11 is 3.40. The number of aromatic nitrogens is 1. The van der Waals surface area contributed by atoms with Crippen molar-refractivity contribution in [2.75, 3.05) is 18.6 Å². The largest absolute Gasteiger partial charge is 0.479 e. The van der Waals surface area contributed by atoms with Gasteiger partial charge in [-0.2, -0.15) is 0 Å². The maximum absolute atomic E-state index is 12.6. The molecule has 0 saturated carbocycles. The van der Waals surface area contributed by atoms with Crippen LogP contribution in [0.2, 0.25) is 0 Å². The van der Waals surface area contributed by atoms with Crippen LogP contribution in [0.5, 0.6) is 5.88 Å². The average Bonchev–Trinajstić information content (AvgIpc) is 2.81. The van der Waals surface area contributed by atoms with Crippen LogP contribution >= 0.6 is 15.9 Å². The van der Waals surface area contributed by atoms with Crippen LogP contribution in [0.15, 0.2) is 47.1 Å². The number of pyridine rings is 1. The van der Waals surface area contributed by atoms with Gasteiger partial charge in [-0.3, -0.25) is 4.79 Å². The number of ether oxygens (including phenoxy) is 1. The number of hydrogen-bond donors (Lipinski definition) is 0. The van der Waals surface area contributed by atoms with Crippen LogP contribution in [0, 0.1) is 0 Å². The molecule has 0 bridgehead atoms. The van der Waals surface area contributed by atoms with Gasteiger partial charge in [-0.1, -0.05) is 28.1 Å². The van der Waals surface area contributed by atoms with Crippen molar-refractivity contribution in [1.82, 2.24) is 9.88 Å². The van der Waals surface area contributed by atoms with E-state index in [1.54, 1.807) is 18.3 Å². The van der Waals surface area contributed by atoms with Gasteiger partial charge in [0.2, 0.25) is 5.88 Å². The smallest absolute Gasteiger partial charge is 0.332 e. The van der Waals surface area contributed by atoms with Gasteiger partial charge in [-0.25, -0.2) is 14.7 Å². The molecule has 0 radical (unpaired) electrons. The molecule has 2 aromatic rings. The highest BCUT2D eigenvalue weighted by molar-refractivity contribution is 9.10. The van der Waals surface area contributed by atoms with Crippen molar-refractivity contribution in [2.24, 2.45) is 0 Å². The molecule has 3 amide bonds. The van der Waals surface area contributed by atoms with E-state index in [0.717, 1.165) is 14.9 Å². The van der Waals surface area contributed by atoms with Crippen LogP contribution in [0.1, 0.15) is 5.56 Å². The summed E-state index contributed by atoms with van der Waals surface area (Å²) in [7, 11) is 1.45. The highest BCUT2D eigenvalue weighted by Crippen LogP contribution is 2.29. The number of urea groups is 1. The van der Waals surface area contributed by atoms with Gasteiger partial charge in [-0.05, 0) is 29.8 Å². The third kappa shape index (κ3) is 3.05. The van der Waals surface area contributed by atoms with Crippen LogP contribution < -0.4 is 9.64 Å². The predicted molar refractivity (Wildman–Crippen MR) is 88.2 cm³/mol. The minimum atomic E-state index is -0.374. The fourth-order valence-corrected chi connectivity index (χ4v) is 2.92. The minimum absolute atomic E-state index is 0.0311.